The first-order chi connectivity index (χ1) is 13.0. The van der Waals surface area contributed by atoms with Gasteiger partial charge in [-0.1, -0.05) is 49.4 Å². The molecule has 2 heterocycles. The number of para-hydroxylation sites is 2. The van der Waals surface area contributed by atoms with Gasteiger partial charge in [0.15, 0.2) is 5.13 Å². The molecule has 4 aromatic rings. The maximum absolute atomic E-state index is 13.0. The molecule has 0 aliphatic carbocycles. The highest BCUT2D eigenvalue weighted by Crippen LogP contribution is 2.27. The van der Waals surface area contributed by atoms with Crippen molar-refractivity contribution in [1.29, 1.82) is 0 Å². The average Bonchev–Trinajstić information content (AvgIpc) is 3.06. The van der Waals surface area contributed by atoms with Gasteiger partial charge in [-0.15, -0.1) is 0 Å². The zero-order valence-corrected chi connectivity index (χ0v) is 15.7. The maximum Gasteiger partial charge on any atom is 0.261 e. The van der Waals surface area contributed by atoms with E-state index in [-0.39, 0.29) is 17.4 Å². The Bertz CT molecular complexity index is 1160. The molecular weight excluding hydrogens is 360 g/mol. The third-order valence-corrected chi connectivity index (χ3v) is 5.37. The Morgan fingerprint density at radius 1 is 1.07 bits per heavy atom. The van der Waals surface area contributed by atoms with Crippen molar-refractivity contribution in [3.8, 4) is 0 Å². The normalized spacial score (nSPS) is 12.6. The summed E-state index contributed by atoms with van der Waals surface area (Å²) in [5.74, 6) is -0.372. The number of nitrogens with one attached hydrogen (secondary N) is 1. The largest absolute Gasteiger partial charge is 0.300 e. The van der Waals surface area contributed by atoms with Crippen LogP contribution in [0.4, 0.5) is 5.13 Å². The third kappa shape index (κ3) is 3.21. The van der Waals surface area contributed by atoms with Crippen molar-refractivity contribution in [2.45, 2.75) is 19.9 Å². The van der Waals surface area contributed by atoms with Gasteiger partial charge in [-0.3, -0.25) is 14.2 Å². The molecule has 0 aliphatic heterocycles. The number of thiazole rings is 1. The van der Waals surface area contributed by atoms with E-state index >= 15 is 0 Å². The first-order valence-electron chi connectivity index (χ1n) is 8.67. The molecular formula is C20H18N4O2S. The lowest BCUT2D eigenvalue weighted by molar-refractivity contribution is -0.120. The molecule has 1 N–H and O–H groups in total. The number of amides is 1. The van der Waals surface area contributed by atoms with E-state index in [2.05, 4.69) is 15.3 Å². The van der Waals surface area contributed by atoms with E-state index in [9.17, 15) is 9.59 Å². The second kappa shape index (κ2) is 6.92. The van der Waals surface area contributed by atoms with E-state index in [1.165, 1.54) is 22.2 Å². The lowest BCUT2D eigenvalue weighted by Crippen LogP contribution is -2.36. The average molecular weight is 378 g/mol. The van der Waals surface area contributed by atoms with Crippen LogP contribution in [0.25, 0.3) is 21.1 Å². The molecule has 136 valence electrons. The number of carbonyl (C=O) groups is 1. The Kier molecular flexibility index (Phi) is 4.45. The Morgan fingerprint density at radius 3 is 2.52 bits per heavy atom. The van der Waals surface area contributed by atoms with Gasteiger partial charge in [0.05, 0.1) is 27.4 Å². The van der Waals surface area contributed by atoms with Crippen molar-refractivity contribution in [3.63, 3.8) is 0 Å². The molecule has 0 fully saturated rings. The Balaban J connectivity index is 1.71. The first kappa shape index (κ1) is 17.4. The monoisotopic (exact) mass is 378 g/mol. The van der Waals surface area contributed by atoms with E-state index in [1.807, 2.05) is 44.2 Å². The summed E-state index contributed by atoms with van der Waals surface area (Å²) in [4.78, 5) is 34.7. The van der Waals surface area contributed by atoms with Crippen molar-refractivity contribution >= 4 is 43.5 Å². The van der Waals surface area contributed by atoms with E-state index in [1.54, 1.807) is 18.2 Å². The molecule has 0 saturated carbocycles. The summed E-state index contributed by atoms with van der Waals surface area (Å²) in [5.41, 5.74) is 1.23. The molecule has 0 spiro atoms. The predicted molar refractivity (Wildman–Crippen MR) is 108 cm³/mol. The summed E-state index contributed by atoms with van der Waals surface area (Å²) in [5, 5.41) is 3.89. The van der Waals surface area contributed by atoms with Crippen LogP contribution in [0.15, 0.2) is 59.7 Å². The SMILES string of the molecule is CC(C)C(C(=O)Nc1nc2ccccc2s1)n1cnc2ccccc2c1=O. The smallest absolute Gasteiger partial charge is 0.261 e. The molecule has 0 radical (unpaired) electrons. The van der Waals surface area contributed by atoms with Crippen molar-refractivity contribution in [3.05, 3.63) is 65.2 Å². The lowest BCUT2D eigenvalue weighted by Gasteiger charge is -2.22. The Labute approximate surface area is 159 Å². The van der Waals surface area contributed by atoms with Gasteiger partial charge in [-0.05, 0) is 30.2 Å². The van der Waals surface area contributed by atoms with E-state index < -0.39 is 6.04 Å². The first-order valence-corrected chi connectivity index (χ1v) is 9.48. The van der Waals surface area contributed by atoms with Crippen LogP contribution in [-0.2, 0) is 4.79 Å². The lowest BCUT2D eigenvalue weighted by atomic mass is 10.0. The highest BCUT2D eigenvalue weighted by molar-refractivity contribution is 7.22. The zero-order valence-electron chi connectivity index (χ0n) is 14.9. The van der Waals surface area contributed by atoms with Crippen LogP contribution < -0.4 is 10.9 Å². The van der Waals surface area contributed by atoms with Gasteiger partial charge in [-0.2, -0.15) is 0 Å². The molecule has 0 bridgehead atoms. The van der Waals surface area contributed by atoms with Crippen LogP contribution in [0, 0.1) is 5.92 Å². The fourth-order valence-corrected chi connectivity index (χ4v) is 4.01. The number of fused-ring (bicyclic) bond motifs is 2. The van der Waals surface area contributed by atoms with Crippen LogP contribution in [0.5, 0.6) is 0 Å². The molecule has 4 rings (SSSR count). The van der Waals surface area contributed by atoms with Gasteiger partial charge in [-0.25, -0.2) is 9.97 Å². The summed E-state index contributed by atoms with van der Waals surface area (Å²) in [7, 11) is 0. The molecule has 6 nitrogen and oxygen atoms in total. The van der Waals surface area contributed by atoms with Gasteiger partial charge in [0, 0.05) is 0 Å². The second-order valence-electron chi connectivity index (χ2n) is 6.64. The number of benzene rings is 2. The van der Waals surface area contributed by atoms with Gasteiger partial charge in [0.25, 0.3) is 5.56 Å². The summed E-state index contributed by atoms with van der Waals surface area (Å²) < 4.78 is 2.41. The number of carbonyl (C=O) groups excluding carboxylic acids is 1. The number of rotatable bonds is 4. The minimum atomic E-state index is -0.679. The highest BCUT2D eigenvalue weighted by atomic mass is 32.1. The van der Waals surface area contributed by atoms with E-state index in [0.717, 1.165) is 10.2 Å². The van der Waals surface area contributed by atoms with Crippen LogP contribution in [0.2, 0.25) is 0 Å². The van der Waals surface area contributed by atoms with Gasteiger partial charge >= 0.3 is 0 Å². The highest BCUT2D eigenvalue weighted by Gasteiger charge is 2.26. The molecule has 1 amide bonds. The van der Waals surface area contributed by atoms with Gasteiger partial charge in [0.2, 0.25) is 5.91 Å². The minimum Gasteiger partial charge on any atom is -0.300 e. The van der Waals surface area contributed by atoms with Crippen LogP contribution in [0.3, 0.4) is 0 Å². The summed E-state index contributed by atoms with van der Waals surface area (Å²) in [6.07, 6.45) is 1.45. The molecule has 1 atom stereocenters. The zero-order chi connectivity index (χ0) is 19.0. The fourth-order valence-electron chi connectivity index (χ4n) is 3.14. The standard InChI is InChI=1S/C20H18N4O2S/c1-12(2)17(24-11-21-14-8-4-3-7-13(14)19(24)26)18(25)23-20-22-15-9-5-6-10-16(15)27-20/h3-12,17H,1-2H3,(H,22,23,25). The van der Waals surface area contributed by atoms with E-state index in [0.29, 0.717) is 16.0 Å². The van der Waals surface area contributed by atoms with Crippen LogP contribution >= 0.6 is 11.3 Å². The molecule has 7 heteroatoms. The van der Waals surface area contributed by atoms with Gasteiger partial charge in [0.1, 0.15) is 6.04 Å². The molecule has 0 aliphatic rings. The van der Waals surface area contributed by atoms with Crippen LogP contribution in [0.1, 0.15) is 19.9 Å². The van der Waals surface area contributed by atoms with Crippen molar-refractivity contribution in [1.82, 2.24) is 14.5 Å². The van der Waals surface area contributed by atoms with Gasteiger partial charge < -0.3 is 5.32 Å². The number of aromatic nitrogens is 3. The van der Waals surface area contributed by atoms with Crippen molar-refractivity contribution in [2.24, 2.45) is 5.92 Å². The number of nitrogens with zero attached hydrogens (tertiary/aromatic N) is 3. The van der Waals surface area contributed by atoms with E-state index in [4.69, 9.17) is 0 Å². The molecule has 2 aromatic heterocycles. The van der Waals surface area contributed by atoms with Crippen molar-refractivity contribution < 1.29 is 4.79 Å². The molecule has 0 saturated heterocycles. The maximum atomic E-state index is 13.0. The fraction of sp³-hybridized carbons (Fsp3) is 0.200. The number of hydrogen-bond donors (Lipinski definition) is 1. The second-order valence-corrected chi connectivity index (χ2v) is 7.67. The molecule has 2 aromatic carbocycles. The summed E-state index contributed by atoms with van der Waals surface area (Å²) >= 11 is 1.41. The molecule has 1 unspecified atom stereocenters. The number of anilines is 1. The summed E-state index contributed by atoms with van der Waals surface area (Å²) in [6.45, 7) is 3.81. The number of hydrogen-bond acceptors (Lipinski definition) is 5. The quantitative estimate of drug-likeness (QED) is 0.585. The summed E-state index contributed by atoms with van der Waals surface area (Å²) in [6, 6.07) is 14.2. The topological polar surface area (TPSA) is 76.9 Å². The Hall–Kier alpha value is -3.06. The Morgan fingerprint density at radius 2 is 1.78 bits per heavy atom. The molecule has 27 heavy (non-hydrogen) atoms. The predicted octanol–water partition coefficient (Wildman–Crippen LogP) is 3.84. The van der Waals surface area contributed by atoms with Crippen molar-refractivity contribution in [2.75, 3.05) is 5.32 Å². The third-order valence-electron chi connectivity index (χ3n) is 4.41. The van der Waals surface area contributed by atoms with Crippen LogP contribution in [-0.4, -0.2) is 20.4 Å². The minimum absolute atomic E-state index is 0.0972.